The molecule has 7 heteroatoms. The summed E-state index contributed by atoms with van der Waals surface area (Å²) >= 11 is 0. The number of fused-ring (bicyclic) bond motifs is 1. The number of H-pyrrole nitrogens is 1. The van der Waals surface area contributed by atoms with Gasteiger partial charge in [0.25, 0.3) is 0 Å². The number of anilines is 1. The standard InChI is InChI=1S/C13H17N2O4P/c1-3-18-20(17,19-4-2)12-11(16)9-7-5-6-8-10(9)15-13(12)14/h5-8H,3-4H2,1-2H3,(H3,14,15,16). The van der Waals surface area contributed by atoms with Gasteiger partial charge in [0.1, 0.15) is 5.82 Å². The fourth-order valence-corrected chi connectivity index (χ4v) is 3.76. The first-order valence-corrected chi connectivity index (χ1v) is 7.88. The van der Waals surface area contributed by atoms with Gasteiger partial charge >= 0.3 is 7.60 Å². The van der Waals surface area contributed by atoms with Gasteiger partial charge in [0.2, 0.25) is 5.43 Å². The van der Waals surface area contributed by atoms with Crippen molar-refractivity contribution in [2.75, 3.05) is 18.9 Å². The molecule has 0 spiro atoms. The summed E-state index contributed by atoms with van der Waals surface area (Å²) in [6, 6.07) is 6.87. The Morgan fingerprint density at radius 3 is 2.40 bits per heavy atom. The molecule has 6 nitrogen and oxygen atoms in total. The maximum atomic E-state index is 12.8. The number of para-hydroxylation sites is 1. The molecule has 0 saturated carbocycles. The summed E-state index contributed by atoms with van der Waals surface area (Å²) in [6.45, 7) is 3.67. The van der Waals surface area contributed by atoms with Gasteiger partial charge in [0.05, 0.1) is 18.7 Å². The molecule has 0 radical (unpaired) electrons. The molecule has 0 aliphatic carbocycles. The van der Waals surface area contributed by atoms with E-state index in [4.69, 9.17) is 14.8 Å². The summed E-state index contributed by atoms with van der Waals surface area (Å²) in [7, 11) is -3.72. The third-order valence-electron chi connectivity index (χ3n) is 2.78. The van der Waals surface area contributed by atoms with Gasteiger partial charge in [-0.2, -0.15) is 0 Å². The molecular formula is C13H17N2O4P. The topological polar surface area (TPSA) is 94.4 Å². The highest BCUT2D eigenvalue weighted by atomic mass is 31.2. The average Bonchev–Trinajstić information content (AvgIpc) is 2.39. The van der Waals surface area contributed by atoms with Crippen LogP contribution in [-0.4, -0.2) is 18.2 Å². The molecule has 2 aromatic rings. The average molecular weight is 296 g/mol. The van der Waals surface area contributed by atoms with Crippen LogP contribution in [-0.2, 0) is 13.6 Å². The Labute approximate surface area is 116 Å². The molecule has 0 aliphatic heterocycles. The Bertz CT molecular complexity index is 716. The van der Waals surface area contributed by atoms with Crippen molar-refractivity contribution in [1.29, 1.82) is 0 Å². The number of aromatic nitrogens is 1. The van der Waals surface area contributed by atoms with Gasteiger partial charge in [-0.1, -0.05) is 12.1 Å². The molecule has 2 rings (SSSR count). The van der Waals surface area contributed by atoms with Gasteiger partial charge in [-0.15, -0.1) is 0 Å². The van der Waals surface area contributed by atoms with Crippen LogP contribution < -0.4 is 16.5 Å². The SMILES string of the molecule is CCOP(=O)(OCC)c1c(N)[nH]c2ccccc2c1=O. The lowest BCUT2D eigenvalue weighted by Crippen LogP contribution is -2.31. The molecular weight excluding hydrogens is 279 g/mol. The molecule has 0 atom stereocenters. The number of hydrogen-bond donors (Lipinski definition) is 2. The first-order chi connectivity index (χ1) is 9.53. The molecule has 0 bridgehead atoms. The van der Waals surface area contributed by atoms with Crippen LogP contribution in [0.1, 0.15) is 13.8 Å². The number of benzene rings is 1. The minimum atomic E-state index is -3.72. The molecule has 0 aliphatic rings. The van der Waals surface area contributed by atoms with Crippen molar-refractivity contribution < 1.29 is 13.6 Å². The molecule has 20 heavy (non-hydrogen) atoms. The Kier molecular flexibility index (Phi) is 4.28. The predicted molar refractivity (Wildman–Crippen MR) is 79.5 cm³/mol. The van der Waals surface area contributed by atoms with Gasteiger partial charge in [0.15, 0.2) is 5.30 Å². The van der Waals surface area contributed by atoms with Gasteiger partial charge in [0, 0.05) is 5.39 Å². The molecule has 108 valence electrons. The van der Waals surface area contributed by atoms with E-state index in [-0.39, 0.29) is 24.3 Å². The van der Waals surface area contributed by atoms with Crippen LogP contribution in [0.25, 0.3) is 10.9 Å². The van der Waals surface area contributed by atoms with E-state index in [1.807, 2.05) is 0 Å². The van der Waals surface area contributed by atoms with Crippen molar-refractivity contribution in [2.24, 2.45) is 0 Å². The van der Waals surface area contributed by atoms with Crippen LogP contribution in [0.4, 0.5) is 5.82 Å². The number of rotatable bonds is 5. The molecule has 1 aromatic heterocycles. The minimum absolute atomic E-state index is 0.0129. The fraction of sp³-hybridized carbons (Fsp3) is 0.308. The molecule has 3 N–H and O–H groups in total. The quantitative estimate of drug-likeness (QED) is 0.823. The molecule has 1 heterocycles. The van der Waals surface area contributed by atoms with E-state index in [0.29, 0.717) is 10.9 Å². The molecule has 0 amide bonds. The second kappa shape index (κ2) is 5.79. The van der Waals surface area contributed by atoms with Crippen LogP contribution in [0.15, 0.2) is 29.1 Å². The number of nitrogen functional groups attached to an aromatic ring is 1. The summed E-state index contributed by atoms with van der Waals surface area (Å²) in [4.78, 5) is 15.4. The van der Waals surface area contributed by atoms with E-state index in [1.54, 1.807) is 38.1 Å². The van der Waals surface area contributed by atoms with Crippen LogP contribution in [0.5, 0.6) is 0 Å². The number of hydrogen-bond acceptors (Lipinski definition) is 5. The summed E-state index contributed by atoms with van der Waals surface area (Å²) < 4.78 is 23.2. The van der Waals surface area contributed by atoms with Crippen LogP contribution in [0.2, 0.25) is 0 Å². The zero-order chi connectivity index (χ0) is 14.8. The van der Waals surface area contributed by atoms with Crippen molar-refractivity contribution in [1.82, 2.24) is 4.98 Å². The summed E-state index contributed by atoms with van der Waals surface area (Å²) in [5.41, 5.74) is 6.00. The lowest BCUT2D eigenvalue weighted by atomic mass is 10.2. The molecule has 0 unspecified atom stereocenters. The van der Waals surface area contributed by atoms with E-state index in [1.165, 1.54) is 0 Å². The van der Waals surface area contributed by atoms with Gasteiger partial charge < -0.3 is 19.8 Å². The van der Waals surface area contributed by atoms with Crippen molar-refractivity contribution in [3.63, 3.8) is 0 Å². The molecule has 1 aromatic carbocycles. The second-order valence-electron chi connectivity index (χ2n) is 4.10. The zero-order valence-corrected chi connectivity index (χ0v) is 12.3. The first-order valence-electron chi connectivity index (χ1n) is 6.33. The number of nitrogens with one attached hydrogen (secondary N) is 1. The normalized spacial score (nSPS) is 11.9. The lowest BCUT2D eigenvalue weighted by molar-refractivity contribution is 0.230. The van der Waals surface area contributed by atoms with Gasteiger partial charge in [-0.3, -0.25) is 9.36 Å². The third-order valence-corrected chi connectivity index (χ3v) is 4.97. The van der Waals surface area contributed by atoms with Crippen molar-refractivity contribution in [3.8, 4) is 0 Å². The zero-order valence-electron chi connectivity index (χ0n) is 11.4. The maximum absolute atomic E-state index is 12.8. The summed E-state index contributed by atoms with van der Waals surface area (Å²) in [6.07, 6.45) is 0. The van der Waals surface area contributed by atoms with Crippen molar-refractivity contribution >= 4 is 29.6 Å². The Morgan fingerprint density at radius 2 is 1.80 bits per heavy atom. The van der Waals surface area contributed by atoms with Crippen molar-refractivity contribution in [3.05, 3.63) is 34.5 Å². The number of aromatic amines is 1. The van der Waals surface area contributed by atoms with Gasteiger partial charge in [-0.25, -0.2) is 0 Å². The first kappa shape index (κ1) is 14.8. The van der Waals surface area contributed by atoms with Crippen LogP contribution in [0.3, 0.4) is 0 Å². The van der Waals surface area contributed by atoms with E-state index < -0.39 is 13.0 Å². The lowest BCUT2D eigenvalue weighted by Gasteiger charge is -2.18. The third kappa shape index (κ3) is 2.50. The Hall–Kier alpha value is -1.62. The Morgan fingerprint density at radius 1 is 1.20 bits per heavy atom. The van der Waals surface area contributed by atoms with E-state index in [0.717, 1.165) is 0 Å². The summed E-state index contributed by atoms with van der Waals surface area (Å²) in [5.74, 6) is 0.0129. The van der Waals surface area contributed by atoms with E-state index in [9.17, 15) is 9.36 Å². The monoisotopic (exact) mass is 296 g/mol. The molecule has 0 fully saturated rings. The smallest absolute Gasteiger partial charge is 0.368 e. The predicted octanol–water partition coefficient (Wildman–Crippen LogP) is 2.00. The Balaban J connectivity index is 2.76. The van der Waals surface area contributed by atoms with E-state index >= 15 is 0 Å². The fourth-order valence-electron chi connectivity index (χ4n) is 2.02. The van der Waals surface area contributed by atoms with Crippen LogP contribution >= 0.6 is 7.60 Å². The second-order valence-corrected chi connectivity index (χ2v) is 6.05. The highest BCUT2D eigenvalue weighted by molar-refractivity contribution is 7.62. The number of nitrogens with two attached hydrogens (primary N) is 1. The van der Waals surface area contributed by atoms with E-state index in [2.05, 4.69) is 4.98 Å². The highest BCUT2D eigenvalue weighted by Crippen LogP contribution is 2.47. The minimum Gasteiger partial charge on any atom is -0.384 e. The molecule has 0 saturated heterocycles. The summed E-state index contributed by atoms with van der Waals surface area (Å²) in [5, 5.41) is 0.274. The number of pyridine rings is 1. The highest BCUT2D eigenvalue weighted by Gasteiger charge is 2.33. The maximum Gasteiger partial charge on any atom is 0.368 e. The van der Waals surface area contributed by atoms with Gasteiger partial charge in [-0.05, 0) is 26.0 Å². The largest absolute Gasteiger partial charge is 0.384 e. The van der Waals surface area contributed by atoms with Crippen molar-refractivity contribution in [2.45, 2.75) is 13.8 Å². The van der Waals surface area contributed by atoms with Crippen LogP contribution in [0, 0.1) is 0 Å².